The van der Waals surface area contributed by atoms with Crippen LogP contribution in [0.4, 0.5) is 0 Å². The van der Waals surface area contributed by atoms with Crippen LogP contribution in [0.1, 0.15) is 5.56 Å². The first-order valence-electron chi connectivity index (χ1n) is 8.06. The Morgan fingerprint density at radius 3 is 2.10 bits per heavy atom. The summed E-state index contributed by atoms with van der Waals surface area (Å²) >= 11 is 18.7. The first-order chi connectivity index (χ1) is 13.7. The standard InChI is InChI=1S/C20H12Br2Cl2O5/c21-15-3-10(5-19(26)27)4-16(22)20(15)29-13-1-2-17(25)18(9-13)28-14-7-11(23)6-12(24)8-14/h1-4,6-9,25H,5H2,(H,26,27). The average Bonchev–Trinajstić information content (AvgIpc) is 2.59. The summed E-state index contributed by atoms with van der Waals surface area (Å²) in [6, 6.07) is 12.5. The van der Waals surface area contributed by atoms with Gasteiger partial charge >= 0.3 is 5.97 Å². The molecule has 0 unspecified atom stereocenters. The molecular weight excluding hydrogens is 551 g/mol. The summed E-state index contributed by atoms with van der Waals surface area (Å²) in [7, 11) is 0. The molecule has 0 heterocycles. The molecule has 3 rings (SSSR count). The normalized spacial score (nSPS) is 10.6. The van der Waals surface area contributed by atoms with E-state index in [4.69, 9.17) is 37.8 Å². The molecular formula is C20H12Br2Cl2O5. The molecule has 0 aliphatic heterocycles. The first-order valence-corrected chi connectivity index (χ1v) is 10.4. The van der Waals surface area contributed by atoms with Gasteiger partial charge in [-0.3, -0.25) is 4.79 Å². The number of carboxylic acid groups (broad SMARTS) is 1. The molecule has 9 heteroatoms. The van der Waals surface area contributed by atoms with E-state index in [1.807, 2.05) is 0 Å². The van der Waals surface area contributed by atoms with E-state index in [9.17, 15) is 9.90 Å². The van der Waals surface area contributed by atoms with Crippen LogP contribution >= 0.6 is 55.1 Å². The van der Waals surface area contributed by atoms with E-state index < -0.39 is 5.97 Å². The van der Waals surface area contributed by atoms with Crippen molar-refractivity contribution in [3.63, 3.8) is 0 Å². The van der Waals surface area contributed by atoms with Crippen LogP contribution in [0.2, 0.25) is 10.0 Å². The molecule has 0 atom stereocenters. The molecule has 0 radical (unpaired) electrons. The number of phenolic OH excluding ortho intramolecular Hbond substituents is 1. The summed E-state index contributed by atoms with van der Waals surface area (Å²) in [5, 5.41) is 19.9. The van der Waals surface area contributed by atoms with E-state index in [1.165, 1.54) is 12.1 Å². The van der Waals surface area contributed by atoms with Crippen molar-refractivity contribution in [3.8, 4) is 28.7 Å². The minimum Gasteiger partial charge on any atom is -0.504 e. The Balaban J connectivity index is 1.87. The van der Waals surface area contributed by atoms with Gasteiger partial charge in [-0.2, -0.15) is 0 Å². The fourth-order valence-electron chi connectivity index (χ4n) is 2.46. The number of rotatable bonds is 6. The van der Waals surface area contributed by atoms with Crippen molar-refractivity contribution in [1.29, 1.82) is 0 Å². The Morgan fingerprint density at radius 1 is 0.897 bits per heavy atom. The molecule has 0 aliphatic carbocycles. The maximum absolute atomic E-state index is 10.9. The molecule has 0 aliphatic rings. The number of aliphatic carboxylic acids is 1. The average molecular weight is 563 g/mol. The summed E-state index contributed by atoms with van der Waals surface area (Å²) in [5.41, 5.74) is 0.608. The van der Waals surface area contributed by atoms with Crippen molar-refractivity contribution in [2.75, 3.05) is 0 Å². The predicted octanol–water partition coefficient (Wildman–Crippen LogP) is 7.44. The molecule has 0 spiro atoms. The third kappa shape index (κ3) is 5.79. The summed E-state index contributed by atoms with van der Waals surface area (Å²) in [6.45, 7) is 0. The lowest BCUT2D eigenvalue weighted by atomic mass is 10.1. The van der Waals surface area contributed by atoms with Crippen molar-refractivity contribution in [2.24, 2.45) is 0 Å². The van der Waals surface area contributed by atoms with Gasteiger partial charge in [-0.1, -0.05) is 23.2 Å². The van der Waals surface area contributed by atoms with E-state index in [0.717, 1.165) is 0 Å². The lowest BCUT2D eigenvalue weighted by Crippen LogP contribution is -2.00. The maximum atomic E-state index is 10.9. The number of aromatic hydroxyl groups is 1. The van der Waals surface area contributed by atoms with Gasteiger partial charge in [0.1, 0.15) is 11.5 Å². The molecule has 0 fully saturated rings. The summed E-state index contributed by atoms with van der Waals surface area (Å²) in [6.07, 6.45) is -0.114. The van der Waals surface area contributed by atoms with Crippen LogP contribution in [0, 0.1) is 0 Å². The van der Waals surface area contributed by atoms with Gasteiger partial charge in [-0.15, -0.1) is 0 Å². The van der Waals surface area contributed by atoms with Crippen molar-refractivity contribution in [1.82, 2.24) is 0 Å². The van der Waals surface area contributed by atoms with Crippen LogP contribution < -0.4 is 9.47 Å². The molecule has 29 heavy (non-hydrogen) atoms. The van der Waals surface area contributed by atoms with Gasteiger partial charge < -0.3 is 19.7 Å². The van der Waals surface area contributed by atoms with Crippen LogP contribution in [0.3, 0.4) is 0 Å². The van der Waals surface area contributed by atoms with Crippen molar-refractivity contribution < 1.29 is 24.5 Å². The smallest absolute Gasteiger partial charge is 0.307 e. The van der Waals surface area contributed by atoms with E-state index in [0.29, 0.717) is 41.8 Å². The Kier molecular flexibility index (Phi) is 6.95. The summed E-state index contributed by atoms with van der Waals surface area (Å²) in [5.74, 6) is 0.313. The number of benzene rings is 3. The first kappa shape index (κ1) is 21.8. The summed E-state index contributed by atoms with van der Waals surface area (Å²) < 4.78 is 12.7. The molecule has 150 valence electrons. The minimum atomic E-state index is -0.932. The van der Waals surface area contributed by atoms with Gasteiger partial charge in [0.05, 0.1) is 15.4 Å². The maximum Gasteiger partial charge on any atom is 0.307 e. The van der Waals surface area contributed by atoms with Gasteiger partial charge in [0, 0.05) is 16.1 Å². The Labute approximate surface area is 193 Å². The zero-order valence-corrected chi connectivity index (χ0v) is 19.1. The van der Waals surface area contributed by atoms with Crippen LogP contribution in [0.15, 0.2) is 57.5 Å². The third-order valence-corrected chi connectivity index (χ3v) is 5.24. The second-order valence-corrected chi connectivity index (χ2v) is 8.48. The number of halogens is 4. The number of carboxylic acids is 1. The summed E-state index contributed by atoms with van der Waals surface area (Å²) in [4.78, 5) is 10.9. The highest BCUT2D eigenvalue weighted by Crippen LogP contribution is 2.41. The van der Waals surface area contributed by atoms with Gasteiger partial charge in [-0.05, 0) is 79.9 Å². The number of hydrogen-bond donors (Lipinski definition) is 2. The fourth-order valence-corrected chi connectivity index (χ4v) is 4.41. The quantitative estimate of drug-likeness (QED) is 0.327. The van der Waals surface area contributed by atoms with Gasteiger partial charge in [0.15, 0.2) is 17.2 Å². The van der Waals surface area contributed by atoms with Crippen LogP contribution in [-0.4, -0.2) is 16.2 Å². The lowest BCUT2D eigenvalue weighted by molar-refractivity contribution is -0.136. The highest BCUT2D eigenvalue weighted by atomic mass is 79.9. The predicted molar refractivity (Wildman–Crippen MR) is 118 cm³/mol. The third-order valence-electron chi connectivity index (χ3n) is 3.63. The van der Waals surface area contributed by atoms with Gasteiger partial charge in [0.2, 0.25) is 0 Å². The largest absolute Gasteiger partial charge is 0.504 e. The molecule has 5 nitrogen and oxygen atoms in total. The van der Waals surface area contributed by atoms with Crippen LogP contribution in [-0.2, 0) is 11.2 Å². The molecule has 0 amide bonds. The monoisotopic (exact) mass is 560 g/mol. The van der Waals surface area contributed by atoms with Gasteiger partial charge in [-0.25, -0.2) is 0 Å². The van der Waals surface area contributed by atoms with Crippen molar-refractivity contribution in [2.45, 2.75) is 6.42 Å². The number of phenols is 1. The Bertz CT molecular complexity index is 1050. The highest BCUT2D eigenvalue weighted by Gasteiger charge is 2.14. The molecule has 2 N–H and O–H groups in total. The van der Waals surface area contributed by atoms with E-state index in [-0.39, 0.29) is 17.9 Å². The van der Waals surface area contributed by atoms with E-state index >= 15 is 0 Å². The van der Waals surface area contributed by atoms with Crippen molar-refractivity contribution >= 4 is 61.0 Å². The number of hydrogen-bond acceptors (Lipinski definition) is 4. The molecule has 0 aromatic heterocycles. The molecule has 3 aromatic carbocycles. The molecule has 0 bridgehead atoms. The Hall–Kier alpha value is -1.93. The minimum absolute atomic E-state index is 0.0941. The zero-order valence-electron chi connectivity index (χ0n) is 14.5. The molecule has 3 aromatic rings. The fraction of sp³-hybridized carbons (Fsp3) is 0.0500. The highest BCUT2D eigenvalue weighted by molar-refractivity contribution is 9.11. The number of carbonyl (C=O) groups is 1. The van der Waals surface area contributed by atoms with Crippen LogP contribution in [0.25, 0.3) is 0 Å². The van der Waals surface area contributed by atoms with E-state index in [1.54, 1.807) is 36.4 Å². The van der Waals surface area contributed by atoms with E-state index in [2.05, 4.69) is 31.9 Å². The Morgan fingerprint density at radius 2 is 1.52 bits per heavy atom. The van der Waals surface area contributed by atoms with Gasteiger partial charge in [0.25, 0.3) is 0 Å². The zero-order chi connectivity index (χ0) is 21.1. The van der Waals surface area contributed by atoms with Crippen molar-refractivity contribution in [3.05, 3.63) is 73.1 Å². The topological polar surface area (TPSA) is 76.0 Å². The number of ether oxygens (including phenoxy) is 2. The van der Waals surface area contributed by atoms with Crippen LogP contribution in [0.5, 0.6) is 28.7 Å². The SMILES string of the molecule is O=C(O)Cc1cc(Br)c(Oc2ccc(O)c(Oc3cc(Cl)cc(Cl)c3)c2)c(Br)c1. The lowest BCUT2D eigenvalue weighted by Gasteiger charge is -2.14. The molecule has 0 saturated carbocycles. The second-order valence-electron chi connectivity index (χ2n) is 5.90. The molecule has 0 saturated heterocycles. The second kappa shape index (κ2) is 9.26.